The van der Waals surface area contributed by atoms with Crippen LogP contribution in [0.4, 0.5) is 0 Å². The summed E-state index contributed by atoms with van der Waals surface area (Å²) in [5.41, 5.74) is 2.29. The van der Waals surface area contributed by atoms with E-state index in [0.29, 0.717) is 0 Å². The Balaban J connectivity index is 2.65. The molecule has 3 heteroatoms. The molecule has 0 bridgehead atoms. The summed E-state index contributed by atoms with van der Waals surface area (Å²) >= 11 is 0. The van der Waals surface area contributed by atoms with Gasteiger partial charge in [-0.25, -0.2) is 4.98 Å². The summed E-state index contributed by atoms with van der Waals surface area (Å²) in [5.74, 6) is 0. The molecule has 56 valence electrons. The third kappa shape index (κ3) is 1.57. The average Bonchev–Trinajstić information content (AvgIpc) is 2.15. The van der Waals surface area contributed by atoms with Gasteiger partial charge >= 0.3 is 0 Å². The summed E-state index contributed by atoms with van der Waals surface area (Å²) in [5, 5.41) is 0. The molecule has 0 fully saturated rings. The van der Waals surface area contributed by atoms with Crippen molar-refractivity contribution in [3.8, 4) is 0 Å². The van der Waals surface area contributed by atoms with Gasteiger partial charge in [0.2, 0.25) is 0 Å². The van der Waals surface area contributed by atoms with Crippen molar-refractivity contribution in [2.24, 2.45) is 0 Å². The molecule has 10 heavy (non-hydrogen) atoms. The maximum atomic E-state index is 4.16. The molecule has 0 aliphatic heterocycles. The van der Waals surface area contributed by atoms with Crippen LogP contribution in [-0.4, -0.2) is 29.0 Å². The molecule has 1 aromatic heterocycles. The Morgan fingerprint density at radius 2 is 2.30 bits per heavy atom. The van der Waals surface area contributed by atoms with Crippen LogP contribution >= 0.6 is 0 Å². The molecule has 3 nitrogen and oxygen atoms in total. The molecule has 0 aromatic carbocycles. The fraction of sp³-hybridized carbons (Fsp3) is 0.571. The second-order valence-corrected chi connectivity index (χ2v) is 2.71. The van der Waals surface area contributed by atoms with E-state index in [0.717, 1.165) is 17.9 Å². The average molecular weight is 139 g/mol. The number of aryl methyl sites for hydroxylation is 1. The summed E-state index contributed by atoms with van der Waals surface area (Å²) in [7, 11) is 4.07. The fourth-order valence-corrected chi connectivity index (χ4v) is 0.846. The van der Waals surface area contributed by atoms with Crippen LogP contribution in [0.25, 0.3) is 0 Å². The summed E-state index contributed by atoms with van der Waals surface area (Å²) in [6, 6.07) is 0. The zero-order chi connectivity index (χ0) is 7.56. The Morgan fingerprint density at radius 3 is 2.70 bits per heavy atom. The van der Waals surface area contributed by atoms with E-state index in [2.05, 4.69) is 14.9 Å². The predicted molar refractivity (Wildman–Crippen MR) is 40.7 cm³/mol. The molecular weight excluding hydrogens is 126 g/mol. The first-order valence-electron chi connectivity index (χ1n) is 3.33. The summed E-state index contributed by atoms with van der Waals surface area (Å²) in [6.45, 7) is 2.95. The summed E-state index contributed by atoms with van der Waals surface area (Å²) in [4.78, 5) is 9.30. The van der Waals surface area contributed by atoms with Gasteiger partial charge in [0.1, 0.15) is 0 Å². The van der Waals surface area contributed by atoms with Crippen LogP contribution in [0.15, 0.2) is 6.33 Å². The number of aromatic amines is 1. The van der Waals surface area contributed by atoms with Gasteiger partial charge in [0.25, 0.3) is 0 Å². The Labute approximate surface area is 61.1 Å². The molecule has 0 aliphatic rings. The second kappa shape index (κ2) is 2.84. The van der Waals surface area contributed by atoms with Crippen LogP contribution in [-0.2, 0) is 6.54 Å². The molecular formula is C7H13N3. The van der Waals surface area contributed by atoms with Gasteiger partial charge < -0.3 is 9.88 Å². The number of hydrogen-bond donors (Lipinski definition) is 1. The largest absolute Gasteiger partial charge is 0.348 e. The van der Waals surface area contributed by atoms with Gasteiger partial charge in [0, 0.05) is 12.2 Å². The lowest BCUT2D eigenvalue weighted by Gasteiger charge is -2.06. The number of aromatic nitrogens is 2. The van der Waals surface area contributed by atoms with Gasteiger partial charge in [0.05, 0.1) is 12.0 Å². The molecule has 0 atom stereocenters. The predicted octanol–water partition coefficient (Wildman–Crippen LogP) is 0.780. The monoisotopic (exact) mass is 139 g/mol. The van der Waals surface area contributed by atoms with Gasteiger partial charge in [-0.15, -0.1) is 0 Å². The van der Waals surface area contributed by atoms with E-state index in [4.69, 9.17) is 0 Å². The van der Waals surface area contributed by atoms with Crippen molar-refractivity contribution in [1.82, 2.24) is 14.9 Å². The van der Waals surface area contributed by atoms with Gasteiger partial charge in [0.15, 0.2) is 0 Å². The Kier molecular flexibility index (Phi) is 2.06. The number of H-pyrrole nitrogens is 1. The molecule has 1 rings (SSSR count). The zero-order valence-corrected chi connectivity index (χ0v) is 6.68. The first kappa shape index (κ1) is 7.28. The molecule has 1 aromatic rings. The standard InChI is InChI=1S/C7H13N3/c1-6-7(4-10(2)3)9-5-8-6/h5H,4H2,1-3H3,(H,8,9). The normalized spacial score (nSPS) is 10.8. The van der Waals surface area contributed by atoms with E-state index < -0.39 is 0 Å². The van der Waals surface area contributed by atoms with E-state index in [9.17, 15) is 0 Å². The van der Waals surface area contributed by atoms with Crippen molar-refractivity contribution in [2.45, 2.75) is 13.5 Å². The van der Waals surface area contributed by atoms with E-state index >= 15 is 0 Å². The molecule has 0 saturated carbocycles. The lowest BCUT2D eigenvalue weighted by atomic mass is 10.3. The van der Waals surface area contributed by atoms with E-state index in [1.807, 2.05) is 21.0 Å². The minimum absolute atomic E-state index is 0.912. The minimum Gasteiger partial charge on any atom is -0.348 e. The molecule has 1 N–H and O–H groups in total. The highest BCUT2D eigenvalue weighted by atomic mass is 15.1. The first-order chi connectivity index (χ1) is 4.70. The Morgan fingerprint density at radius 1 is 1.60 bits per heavy atom. The van der Waals surface area contributed by atoms with Gasteiger partial charge in [-0.1, -0.05) is 0 Å². The number of imidazole rings is 1. The van der Waals surface area contributed by atoms with Crippen LogP contribution < -0.4 is 0 Å². The van der Waals surface area contributed by atoms with Crippen LogP contribution in [0.1, 0.15) is 11.4 Å². The molecule has 0 unspecified atom stereocenters. The minimum atomic E-state index is 0.912. The van der Waals surface area contributed by atoms with E-state index in [-0.39, 0.29) is 0 Å². The van der Waals surface area contributed by atoms with Crippen LogP contribution in [0.2, 0.25) is 0 Å². The van der Waals surface area contributed by atoms with Crippen LogP contribution in [0.5, 0.6) is 0 Å². The fourth-order valence-electron chi connectivity index (χ4n) is 0.846. The van der Waals surface area contributed by atoms with Gasteiger partial charge in [-0.3, -0.25) is 0 Å². The highest BCUT2D eigenvalue weighted by Crippen LogP contribution is 2.01. The van der Waals surface area contributed by atoms with Crippen LogP contribution in [0, 0.1) is 6.92 Å². The highest BCUT2D eigenvalue weighted by molar-refractivity contribution is 5.07. The SMILES string of the molecule is Cc1[nH]cnc1CN(C)C. The number of rotatable bonds is 2. The molecule has 0 radical (unpaired) electrons. The second-order valence-electron chi connectivity index (χ2n) is 2.71. The van der Waals surface area contributed by atoms with Crippen molar-refractivity contribution in [3.05, 3.63) is 17.7 Å². The quantitative estimate of drug-likeness (QED) is 0.656. The molecule has 0 saturated heterocycles. The van der Waals surface area contributed by atoms with Crippen molar-refractivity contribution in [3.63, 3.8) is 0 Å². The molecule has 1 heterocycles. The third-order valence-corrected chi connectivity index (χ3v) is 1.40. The van der Waals surface area contributed by atoms with Crippen molar-refractivity contribution < 1.29 is 0 Å². The highest BCUT2D eigenvalue weighted by Gasteiger charge is 2.00. The first-order valence-corrected chi connectivity index (χ1v) is 3.33. The van der Waals surface area contributed by atoms with Crippen molar-refractivity contribution in [1.29, 1.82) is 0 Å². The lowest BCUT2D eigenvalue weighted by molar-refractivity contribution is 0.396. The molecule has 0 amide bonds. The summed E-state index contributed by atoms with van der Waals surface area (Å²) < 4.78 is 0. The van der Waals surface area contributed by atoms with E-state index in [1.54, 1.807) is 6.33 Å². The van der Waals surface area contributed by atoms with Crippen LogP contribution in [0.3, 0.4) is 0 Å². The van der Waals surface area contributed by atoms with Gasteiger partial charge in [-0.05, 0) is 21.0 Å². The number of nitrogens with one attached hydrogen (secondary N) is 1. The number of hydrogen-bond acceptors (Lipinski definition) is 2. The Hall–Kier alpha value is -0.830. The zero-order valence-electron chi connectivity index (χ0n) is 6.68. The maximum Gasteiger partial charge on any atom is 0.0925 e. The number of nitrogens with zero attached hydrogens (tertiary/aromatic N) is 2. The third-order valence-electron chi connectivity index (χ3n) is 1.40. The molecule has 0 aliphatic carbocycles. The lowest BCUT2D eigenvalue weighted by Crippen LogP contribution is -2.11. The Bertz CT molecular complexity index is 202. The van der Waals surface area contributed by atoms with Crippen molar-refractivity contribution >= 4 is 0 Å². The smallest absolute Gasteiger partial charge is 0.0925 e. The topological polar surface area (TPSA) is 31.9 Å². The van der Waals surface area contributed by atoms with E-state index in [1.165, 1.54) is 0 Å². The van der Waals surface area contributed by atoms with Gasteiger partial charge in [-0.2, -0.15) is 0 Å². The summed E-state index contributed by atoms with van der Waals surface area (Å²) in [6.07, 6.45) is 1.73. The molecule has 0 spiro atoms. The maximum absolute atomic E-state index is 4.16. The van der Waals surface area contributed by atoms with Crippen molar-refractivity contribution in [2.75, 3.05) is 14.1 Å².